The van der Waals surface area contributed by atoms with Gasteiger partial charge in [-0.2, -0.15) is 0 Å². The highest BCUT2D eigenvalue weighted by Gasteiger charge is 2.19. The van der Waals surface area contributed by atoms with Crippen molar-refractivity contribution in [2.45, 2.75) is 0 Å². The topological polar surface area (TPSA) is 43.6 Å². The van der Waals surface area contributed by atoms with Crippen LogP contribution in [0.4, 0.5) is 0 Å². The molecule has 0 aliphatic heterocycles. The summed E-state index contributed by atoms with van der Waals surface area (Å²) in [5.74, 6) is 0.869. The van der Waals surface area contributed by atoms with E-state index < -0.39 is 30.2 Å². The van der Waals surface area contributed by atoms with Crippen LogP contribution in [-0.4, -0.2) is 19.5 Å². The summed E-state index contributed by atoms with van der Waals surface area (Å²) >= 11 is 1.61. The Morgan fingerprint density at radius 1 is 0.460 bits per heavy atom. The lowest BCUT2D eigenvalue weighted by Gasteiger charge is -2.14. The van der Waals surface area contributed by atoms with E-state index in [2.05, 4.69) is 18.2 Å². The number of thiophene rings is 1. The Bertz CT molecular complexity index is 3410. The molecule has 0 bridgehead atoms. The fraction of sp³-hybridized carbons (Fsp3) is 0. The SMILES string of the molecule is [2H]c1cc([2H])c2c(c1[2H])c1c([2H])c([2H])cc([2H])c1n2-c1cc(-c2nc(-c3ccccc3)nc(-c3cccc4c3sc3ccccc34)n2)cc(-c2c([2H])c([2H])c([2H])c([2H])c2[2H])c1. The minimum Gasteiger partial charge on any atom is -0.309 e. The minimum absolute atomic E-state index is 0.0418. The zero-order chi connectivity index (χ0) is 42.6. The van der Waals surface area contributed by atoms with Crippen molar-refractivity contribution < 1.29 is 15.1 Å². The Balaban J connectivity index is 1.34. The number of para-hydroxylation sites is 2. The molecular formula is C45H28N4S. The summed E-state index contributed by atoms with van der Waals surface area (Å²) < 4.78 is 99.9. The monoisotopic (exact) mass is 667 g/mol. The summed E-state index contributed by atoms with van der Waals surface area (Å²) in [4.78, 5) is 15.0. The quantitative estimate of drug-likeness (QED) is 0.183. The van der Waals surface area contributed by atoms with Crippen molar-refractivity contribution in [3.63, 3.8) is 0 Å². The van der Waals surface area contributed by atoms with Gasteiger partial charge in [-0.05, 0) is 53.5 Å². The van der Waals surface area contributed by atoms with E-state index in [0.717, 1.165) is 25.7 Å². The molecule has 0 fully saturated rings. The molecule has 5 heteroatoms. The molecule has 7 aromatic carbocycles. The summed E-state index contributed by atoms with van der Waals surface area (Å²) in [5.41, 5.74) is 2.22. The van der Waals surface area contributed by atoms with E-state index in [9.17, 15) is 0 Å². The number of aromatic nitrogens is 4. The maximum Gasteiger partial charge on any atom is 0.165 e. The zero-order valence-corrected chi connectivity index (χ0v) is 26.8. The van der Waals surface area contributed by atoms with E-state index in [0.29, 0.717) is 22.8 Å². The molecule has 0 amide bonds. The number of benzene rings is 7. The van der Waals surface area contributed by atoms with Crippen LogP contribution >= 0.6 is 11.3 Å². The van der Waals surface area contributed by atoms with Gasteiger partial charge in [-0.15, -0.1) is 11.3 Å². The third-order valence-electron chi connectivity index (χ3n) is 8.66. The number of fused-ring (bicyclic) bond motifs is 6. The molecule has 0 aliphatic rings. The smallest absolute Gasteiger partial charge is 0.165 e. The largest absolute Gasteiger partial charge is 0.309 e. The van der Waals surface area contributed by atoms with Crippen LogP contribution in [0.2, 0.25) is 0 Å². The highest BCUT2D eigenvalue weighted by atomic mass is 32.1. The first-order valence-corrected chi connectivity index (χ1v) is 16.6. The van der Waals surface area contributed by atoms with E-state index in [1.807, 2.05) is 54.6 Å². The van der Waals surface area contributed by atoms with Crippen LogP contribution in [0.3, 0.4) is 0 Å². The van der Waals surface area contributed by atoms with Gasteiger partial charge in [0.05, 0.1) is 26.1 Å². The summed E-state index contributed by atoms with van der Waals surface area (Å²) in [6.07, 6.45) is 0. The van der Waals surface area contributed by atoms with Crippen molar-refractivity contribution in [3.05, 3.63) is 170 Å². The van der Waals surface area contributed by atoms with E-state index in [4.69, 9.17) is 30.0 Å². The Hall–Kier alpha value is -6.43. The Morgan fingerprint density at radius 2 is 1.12 bits per heavy atom. The summed E-state index contributed by atoms with van der Waals surface area (Å²) in [6.45, 7) is 0. The van der Waals surface area contributed by atoms with Crippen molar-refractivity contribution in [3.8, 4) is 51.0 Å². The van der Waals surface area contributed by atoms with Gasteiger partial charge in [0, 0.05) is 53.3 Å². The van der Waals surface area contributed by atoms with Crippen molar-refractivity contribution in [2.24, 2.45) is 0 Å². The molecular weight excluding hydrogens is 629 g/mol. The van der Waals surface area contributed by atoms with Gasteiger partial charge in [-0.3, -0.25) is 0 Å². The fourth-order valence-electron chi connectivity index (χ4n) is 6.45. The molecule has 0 aliphatic carbocycles. The van der Waals surface area contributed by atoms with Gasteiger partial charge in [0.2, 0.25) is 0 Å². The lowest BCUT2D eigenvalue weighted by atomic mass is 10.0. The van der Waals surface area contributed by atoms with Crippen molar-refractivity contribution in [1.29, 1.82) is 0 Å². The van der Waals surface area contributed by atoms with Crippen LogP contribution in [0.15, 0.2) is 170 Å². The van der Waals surface area contributed by atoms with Crippen LogP contribution in [0, 0.1) is 0 Å². The van der Waals surface area contributed by atoms with E-state index >= 15 is 0 Å². The molecule has 10 aromatic rings. The van der Waals surface area contributed by atoms with Gasteiger partial charge in [0.15, 0.2) is 17.5 Å². The molecule has 0 spiro atoms. The zero-order valence-electron chi connectivity index (χ0n) is 37.0. The van der Waals surface area contributed by atoms with Crippen LogP contribution in [0.25, 0.3) is 93.0 Å². The molecule has 0 unspecified atom stereocenters. The molecule has 3 heterocycles. The molecule has 0 atom stereocenters. The van der Waals surface area contributed by atoms with Gasteiger partial charge in [-0.25, -0.2) is 15.0 Å². The maximum atomic E-state index is 9.10. The molecule has 3 aromatic heterocycles. The van der Waals surface area contributed by atoms with Crippen LogP contribution in [0.5, 0.6) is 0 Å². The average Bonchev–Trinajstić information content (AvgIpc) is 3.84. The van der Waals surface area contributed by atoms with Crippen LogP contribution in [-0.2, 0) is 0 Å². The first-order chi connectivity index (χ1) is 29.3. The fourth-order valence-corrected chi connectivity index (χ4v) is 7.66. The van der Waals surface area contributed by atoms with E-state index in [1.54, 1.807) is 29.5 Å². The molecule has 0 N–H and O–H groups in total. The van der Waals surface area contributed by atoms with Gasteiger partial charge in [0.25, 0.3) is 0 Å². The predicted molar refractivity (Wildman–Crippen MR) is 209 cm³/mol. The Morgan fingerprint density at radius 3 is 1.90 bits per heavy atom. The minimum atomic E-state index is -0.566. The second kappa shape index (κ2) is 11.6. The predicted octanol–water partition coefficient (Wildman–Crippen LogP) is 12.0. The lowest BCUT2D eigenvalue weighted by molar-refractivity contribution is 1.07. The summed E-state index contributed by atoms with van der Waals surface area (Å²) in [5, 5.41) is 2.21. The second-order valence-corrected chi connectivity index (χ2v) is 12.7. The number of hydrogen-bond acceptors (Lipinski definition) is 4. The van der Waals surface area contributed by atoms with E-state index in [-0.39, 0.29) is 80.7 Å². The Kier molecular flexibility index (Phi) is 4.54. The highest BCUT2D eigenvalue weighted by Crippen LogP contribution is 2.40. The van der Waals surface area contributed by atoms with Crippen molar-refractivity contribution >= 4 is 53.3 Å². The molecule has 10 rings (SSSR count). The summed E-state index contributed by atoms with van der Waals surface area (Å²) in [6, 6.07) is 26.6. The third-order valence-corrected chi connectivity index (χ3v) is 9.88. The molecule has 234 valence electrons. The first kappa shape index (κ1) is 19.5. The average molecular weight is 668 g/mol. The molecule has 0 radical (unpaired) electrons. The van der Waals surface area contributed by atoms with Crippen molar-refractivity contribution in [2.75, 3.05) is 0 Å². The van der Waals surface area contributed by atoms with Crippen LogP contribution < -0.4 is 0 Å². The van der Waals surface area contributed by atoms with Gasteiger partial charge in [-0.1, -0.05) is 127 Å². The maximum absolute atomic E-state index is 9.10. The normalized spacial score (nSPS) is 14.7. The van der Waals surface area contributed by atoms with Crippen LogP contribution in [0.1, 0.15) is 15.1 Å². The number of rotatable bonds is 5. The lowest BCUT2D eigenvalue weighted by Crippen LogP contribution is -2.02. The standard InChI is InChI=1S/C45H28N4S/c1-3-14-29(15-4-1)31-26-32(28-33(27-31)49-39-23-10-7-18-34(39)35-19-8-11-24-40(35)49)44-46-43(30-16-5-2-6-17-30)47-45(48-44)38-22-13-21-37-36-20-9-12-25-41(36)50-42(37)38/h1-28H/i1D,3D,4D,7D,8D,14D,15D,18D,19D,23D,24D. The first-order valence-electron chi connectivity index (χ1n) is 21.3. The molecule has 50 heavy (non-hydrogen) atoms. The van der Waals surface area contributed by atoms with Gasteiger partial charge in [0.1, 0.15) is 0 Å². The van der Waals surface area contributed by atoms with Gasteiger partial charge < -0.3 is 4.57 Å². The molecule has 0 saturated carbocycles. The molecule has 0 saturated heterocycles. The third kappa shape index (κ3) is 4.71. The van der Waals surface area contributed by atoms with Gasteiger partial charge >= 0.3 is 0 Å². The highest BCUT2D eigenvalue weighted by molar-refractivity contribution is 7.26. The van der Waals surface area contributed by atoms with Crippen molar-refractivity contribution in [1.82, 2.24) is 19.5 Å². The van der Waals surface area contributed by atoms with E-state index in [1.165, 1.54) is 16.7 Å². The second-order valence-electron chi connectivity index (χ2n) is 11.6. The number of hydrogen-bond donors (Lipinski definition) is 0. The summed E-state index contributed by atoms with van der Waals surface area (Å²) in [7, 11) is 0. The number of nitrogens with zero attached hydrogens (tertiary/aromatic N) is 4. The molecule has 4 nitrogen and oxygen atoms in total. The Labute approximate surface area is 308 Å².